The normalized spacial score (nSPS) is 21.4. The average Bonchev–Trinajstić information content (AvgIpc) is 3.10. The molecule has 4 aliphatic heterocycles. The van der Waals surface area contributed by atoms with Crippen molar-refractivity contribution >= 4 is 34.5 Å². The summed E-state index contributed by atoms with van der Waals surface area (Å²) in [6.07, 6.45) is 3.98. The molecule has 18 N–H and O–H groups in total. The fourth-order valence-electron chi connectivity index (χ4n) is 3.53. The van der Waals surface area contributed by atoms with Gasteiger partial charge in [0.2, 0.25) is 0 Å². The van der Waals surface area contributed by atoms with Crippen LogP contribution in [-0.2, 0) is 31.7 Å². The monoisotopic (exact) mass is 904 g/mol. The second kappa shape index (κ2) is 47.3. The summed E-state index contributed by atoms with van der Waals surface area (Å²) in [6, 6.07) is 0. The Balaban J connectivity index is -0.0000000481. The molecule has 4 heterocycles. The van der Waals surface area contributed by atoms with Gasteiger partial charge >= 0.3 is 34.5 Å². The first-order valence-electron chi connectivity index (χ1n) is 14.7. The lowest BCUT2D eigenvalue weighted by molar-refractivity contribution is -0.0743. The zero-order valence-corrected chi connectivity index (χ0v) is 32.7. The van der Waals surface area contributed by atoms with Crippen molar-refractivity contribution in [3.8, 4) is 0 Å². The van der Waals surface area contributed by atoms with Crippen LogP contribution in [0.5, 0.6) is 0 Å². The molecule has 4 aliphatic rings. The van der Waals surface area contributed by atoms with E-state index in [0.717, 1.165) is 39.1 Å². The highest BCUT2D eigenvalue weighted by Gasteiger charge is 2.43. The van der Waals surface area contributed by atoms with E-state index in [4.69, 9.17) is 72.8 Å². The SMILES string of the molecule is C.C.C.C.C.CCC(CO)(CO)CO.CCC1(CO)COP(O)OC1.CCC12COP(OC1)OC2.CCCC(CO)(CO)COP=O.O.O.O.O.OP(O)O. The molecule has 55 heavy (non-hydrogen) atoms. The maximum Gasteiger partial charge on any atom is 0.332 e. The van der Waals surface area contributed by atoms with Gasteiger partial charge < -0.3 is 94.7 Å². The molecule has 25 heteroatoms. The topological polar surface area (TPSA) is 401 Å². The van der Waals surface area contributed by atoms with Crippen molar-refractivity contribution in [3.05, 3.63) is 0 Å². The standard InChI is InChI=1S/C7H15O4P.C6H13O4P.C6H11O3P.C6H14O3.5CH4.H3O3P.4H2O/c1-2-3-7(4-8,5-9)6-11-12-10;1-2-6(3-7)4-9-11(8)10-5-6;1-2-6-3-7-10(8-4-6)9-5-6;1-2-6(3-7,4-8)5-9;;;;;;1-4(2)3;;;;/h8-9H,2-6H2,1H3;7-8H,2-5H2,1H3;2-5H2,1H3;7-9H,2-5H2,1H3;5*1H4;1-3H;4*1H2. The van der Waals surface area contributed by atoms with Crippen LogP contribution in [0.25, 0.3) is 0 Å². The van der Waals surface area contributed by atoms with E-state index in [1.54, 1.807) is 0 Å². The first-order chi connectivity index (χ1) is 21.8. The molecule has 350 valence electrons. The van der Waals surface area contributed by atoms with Crippen molar-refractivity contribution in [2.45, 2.75) is 96.9 Å². The Morgan fingerprint density at radius 3 is 1.22 bits per heavy atom. The molecule has 0 spiro atoms. The van der Waals surface area contributed by atoms with Crippen LogP contribution in [0.3, 0.4) is 0 Å². The van der Waals surface area contributed by atoms with Crippen LogP contribution in [0, 0.1) is 21.7 Å². The highest BCUT2D eigenvalue weighted by molar-refractivity contribution is 7.41. The molecular formula is C30H84O21P4. The van der Waals surface area contributed by atoms with Crippen LogP contribution in [-0.4, -0.2) is 151 Å². The van der Waals surface area contributed by atoms with Gasteiger partial charge in [-0.1, -0.05) is 71.2 Å². The predicted octanol–water partition coefficient (Wildman–Crippen LogP) is 1.74. The average molecular weight is 905 g/mol. The summed E-state index contributed by atoms with van der Waals surface area (Å²) < 4.78 is 40.3. The van der Waals surface area contributed by atoms with Gasteiger partial charge in [0.05, 0.1) is 79.3 Å². The number of aliphatic hydroxyl groups is 6. The second-order valence-electron chi connectivity index (χ2n) is 11.2. The van der Waals surface area contributed by atoms with Crippen LogP contribution in [0.2, 0.25) is 0 Å². The van der Waals surface area contributed by atoms with E-state index in [1.807, 2.05) is 20.8 Å². The van der Waals surface area contributed by atoms with Gasteiger partial charge in [-0.15, -0.1) is 0 Å². The number of fused-ring (bicyclic) bond motifs is 3. The largest absolute Gasteiger partial charge is 0.412 e. The molecular weight excluding hydrogens is 820 g/mol. The van der Waals surface area contributed by atoms with Crippen LogP contribution >= 0.6 is 34.5 Å². The van der Waals surface area contributed by atoms with Crippen molar-refractivity contribution in [2.24, 2.45) is 21.7 Å². The number of aliphatic hydroxyl groups excluding tert-OH is 6. The Morgan fingerprint density at radius 1 is 0.655 bits per heavy atom. The summed E-state index contributed by atoms with van der Waals surface area (Å²) in [4.78, 5) is 30.6. The fraction of sp³-hybridized carbons (Fsp3) is 1.00. The van der Waals surface area contributed by atoms with Gasteiger partial charge in [-0.2, -0.15) is 0 Å². The van der Waals surface area contributed by atoms with Crippen molar-refractivity contribution in [1.29, 1.82) is 0 Å². The van der Waals surface area contributed by atoms with E-state index in [9.17, 15) is 4.57 Å². The summed E-state index contributed by atoms with van der Waals surface area (Å²) >= 11 is 0. The highest BCUT2D eigenvalue weighted by atomic mass is 31.2. The van der Waals surface area contributed by atoms with Crippen LogP contribution in [0.15, 0.2) is 0 Å². The lowest BCUT2D eigenvalue weighted by Crippen LogP contribution is -2.42. The zero-order valence-electron chi connectivity index (χ0n) is 29.1. The lowest BCUT2D eigenvalue weighted by Gasteiger charge is -2.43. The van der Waals surface area contributed by atoms with Crippen LogP contribution in [0.1, 0.15) is 96.9 Å². The van der Waals surface area contributed by atoms with E-state index in [0.29, 0.717) is 26.1 Å². The molecule has 0 unspecified atom stereocenters. The smallest absolute Gasteiger partial charge is 0.332 e. The molecule has 21 nitrogen and oxygen atoms in total. The zero-order chi connectivity index (χ0) is 35.7. The quantitative estimate of drug-likeness (QED) is 0.111. The van der Waals surface area contributed by atoms with Crippen molar-refractivity contribution < 1.29 is 104 Å². The molecule has 4 rings (SSSR count). The molecule has 0 saturated carbocycles. The number of hydrogen-bond acceptors (Lipinski definition) is 17. The van der Waals surface area contributed by atoms with E-state index < -0.39 is 45.3 Å². The van der Waals surface area contributed by atoms with Gasteiger partial charge in [-0.3, -0.25) is 4.52 Å². The maximum absolute atomic E-state index is 10.00. The Bertz CT molecular complexity index is 689. The third kappa shape index (κ3) is 34.0. The van der Waals surface area contributed by atoms with E-state index in [1.165, 1.54) is 0 Å². The number of rotatable bonds is 14. The second-order valence-corrected chi connectivity index (χ2v) is 14.4. The summed E-state index contributed by atoms with van der Waals surface area (Å²) in [5, 5.41) is 52.9. The van der Waals surface area contributed by atoms with Crippen molar-refractivity contribution in [2.75, 3.05) is 79.3 Å². The summed E-state index contributed by atoms with van der Waals surface area (Å²) in [5.41, 5.74) is -1.41. The van der Waals surface area contributed by atoms with Crippen molar-refractivity contribution in [3.63, 3.8) is 0 Å². The molecule has 4 saturated heterocycles. The third-order valence-electron chi connectivity index (χ3n) is 7.86. The highest BCUT2D eigenvalue weighted by Crippen LogP contribution is 2.54. The summed E-state index contributed by atoms with van der Waals surface area (Å²) in [6.45, 7) is 10.6. The van der Waals surface area contributed by atoms with E-state index in [-0.39, 0.29) is 116 Å². The molecule has 0 aromatic carbocycles. The molecule has 0 aromatic rings. The Hall–Kier alpha value is 0.590. The molecule has 2 bridgehead atoms. The minimum Gasteiger partial charge on any atom is -0.412 e. The van der Waals surface area contributed by atoms with E-state index >= 15 is 0 Å². The molecule has 0 aromatic heterocycles. The molecule has 0 atom stereocenters. The first kappa shape index (κ1) is 83.3. The molecule has 0 radical (unpaired) electrons. The summed E-state index contributed by atoms with van der Waals surface area (Å²) in [5.74, 6) is 0. The van der Waals surface area contributed by atoms with Gasteiger partial charge in [-0.05, 0) is 25.7 Å². The minimum atomic E-state index is -2.62. The van der Waals surface area contributed by atoms with Crippen molar-refractivity contribution in [1.82, 2.24) is 0 Å². The van der Waals surface area contributed by atoms with Gasteiger partial charge in [0.15, 0.2) is 0 Å². The first-order valence-corrected chi connectivity index (χ1v) is 18.8. The maximum atomic E-state index is 10.00. The molecule has 4 fully saturated rings. The van der Waals surface area contributed by atoms with E-state index in [2.05, 4.69) is 11.4 Å². The Labute approximate surface area is 335 Å². The summed E-state index contributed by atoms with van der Waals surface area (Å²) in [7, 11) is -5.64. The van der Waals surface area contributed by atoms with Gasteiger partial charge in [-0.25, -0.2) is 4.57 Å². The lowest BCUT2D eigenvalue weighted by atomic mass is 9.86. The Kier molecular flexibility index (Phi) is 71.6. The van der Waals surface area contributed by atoms with Gasteiger partial charge in [0.25, 0.3) is 0 Å². The van der Waals surface area contributed by atoms with Crippen LogP contribution in [0.4, 0.5) is 0 Å². The Morgan fingerprint density at radius 2 is 1.02 bits per heavy atom. The number of hydrogen-bond donors (Lipinski definition) is 10. The minimum absolute atomic E-state index is 0. The van der Waals surface area contributed by atoms with Gasteiger partial charge in [0, 0.05) is 21.7 Å². The third-order valence-corrected chi connectivity index (χ3v) is 9.81. The molecule has 0 aliphatic carbocycles. The fourth-order valence-corrected chi connectivity index (χ4v) is 6.06. The molecule has 0 amide bonds. The van der Waals surface area contributed by atoms with Gasteiger partial charge in [0.1, 0.15) is 0 Å². The predicted molar refractivity (Wildman–Crippen MR) is 219 cm³/mol. The van der Waals surface area contributed by atoms with Crippen LogP contribution < -0.4 is 0 Å².